The predicted octanol–water partition coefficient (Wildman–Crippen LogP) is 3.39. The van der Waals surface area contributed by atoms with Crippen LogP contribution in [-0.2, 0) is 25.5 Å². The van der Waals surface area contributed by atoms with Crippen molar-refractivity contribution in [1.82, 2.24) is 5.32 Å². The summed E-state index contributed by atoms with van der Waals surface area (Å²) in [5, 5.41) is 14.7. The van der Waals surface area contributed by atoms with E-state index in [9.17, 15) is 14.7 Å². The van der Waals surface area contributed by atoms with Crippen LogP contribution >= 0.6 is 0 Å². The molecule has 0 saturated heterocycles. The molecule has 1 amide bonds. The molecule has 1 atom stereocenters. The van der Waals surface area contributed by atoms with Gasteiger partial charge in [0.15, 0.2) is 0 Å². The summed E-state index contributed by atoms with van der Waals surface area (Å²) in [6, 6.07) is 13.7. The number of carbonyl (C=O) groups excluding carboxylic acids is 2. The molecule has 30 heavy (non-hydrogen) atoms. The Balaban J connectivity index is 1.81. The third kappa shape index (κ3) is 8.13. The van der Waals surface area contributed by atoms with Gasteiger partial charge in [0.25, 0.3) is 0 Å². The lowest BCUT2D eigenvalue weighted by Gasteiger charge is -2.26. The van der Waals surface area contributed by atoms with Crippen molar-refractivity contribution in [3.8, 4) is 0 Å². The first-order valence-corrected chi connectivity index (χ1v) is 10.4. The van der Waals surface area contributed by atoms with E-state index in [1.165, 1.54) is 0 Å². The van der Waals surface area contributed by atoms with Gasteiger partial charge in [-0.1, -0.05) is 42.5 Å². The average Bonchev–Trinajstić information content (AvgIpc) is 2.70. The highest BCUT2D eigenvalue weighted by Gasteiger charge is 2.24. The van der Waals surface area contributed by atoms with E-state index in [4.69, 9.17) is 9.47 Å². The zero-order valence-electron chi connectivity index (χ0n) is 18.3. The monoisotopic (exact) mass is 415 g/mol. The smallest absolute Gasteiger partial charge is 0.306 e. The molecule has 2 rings (SSSR count). The Morgan fingerprint density at radius 1 is 1.07 bits per heavy atom. The lowest BCUT2D eigenvalue weighted by Crippen LogP contribution is -2.39. The van der Waals surface area contributed by atoms with E-state index in [1.807, 2.05) is 50.2 Å². The SMILES string of the molecule is CC(C)OCC(C)(C)OC(=O)CCC(=O)NC(CO)Cc1ccc2ccccc2c1. The number of rotatable bonds is 11. The summed E-state index contributed by atoms with van der Waals surface area (Å²) in [7, 11) is 0. The second kappa shape index (κ2) is 11.1. The Morgan fingerprint density at radius 3 is 2.43 bits per heavy atom. The number of benzene rings is 2. The molecule has 0 saturated carbocycles. The summed E-state index contributed by atoms with van der Waals surface area (Å²) in [5.41, 5.74) is 0.279. The summed E-state index contributed by atoms with van der Waals surface area (Å²) in [5.74, 6) is -0.736. The van der Waals surface area contributed by atoms with Crippen LogP contribution in [0.2, 0.25) is 0 Å². The molecule has 2 N–H and O–H groups in total. The average molecular weight is 416 g/mol. The number of carbonyl (C=O) groups is 2. The standard InChI is InChI=1S/C24H33NO5/c1-17(2)29-16-24(3,4)30-23(28)12-11-22(27)25-21(15-26)14-18-9-10-19-7-5-6-8-20(19)13-18/h5-10,13,17,21,26H,11-12,14-16H2,1-4H3,(H,25,27). The molecule has 0 aliphatic heterocycles. The van der Waals surface area contributed by atoms with Gasteiger partial charge >= 0.3 is 5.97 Å². The second-order valence-corrected chi connectivity index (χ2v) is 8.43. The predicted molar refractivity (Wildman–Crippen MR) is 117 cm³/mol. The third-order valence-corrected chi connectivity index (χ3v) is 4.59. The van der Waals surface area contributed by atoms with Gasteiger partial charge in [-0.15, -0.1) is 0 Å². The first-order chi connectivity index (χ1) is 14.2. The lowest BCUT2D eigenvalue weighted by atomic mass is 10.0. The van der Waals surface area contributed by atoms with Crippen molar-refractivity contribution in [2.75, 3.05) is 13.2 Å². The number of hydrogen-bond acceptors (Lipinski definition) is 5. The Kier molecular flexibility index (Phi) is 8.81. The molecule has 2 aromatic rings. The highest BCUT2D eigenvalue weighted by molar-refractivity contribution is 5.83. The lowest BCUT2D eigenvalue weighted by molar-refractivity contribution is -0.164. The van der Waals surface area contributed by atoms with Crippen LogP contribution in [0.3, 0.4) is 0 Å². The zero-order valence-corrected chi connectivity index (χ0v) is 18.3. The minimum absolute atomic E-state index is 0.00811. The van der Waals surface area contributed by atoms with Crippen LogP contribution in [0.25, 0.3) is 10.8 Å². The van der Waals surface area contributed by atoms with Crippen LogP contribution in [0.15, 0.2) is 42.5 Å². The molecule has 0 aliphatic carbocycles. The molecule has 0 heterocycles. The fraction of sp³-hybridized carbons (Fsp3) is 0.500. The number of amides is 1. The second-order valence-electron chi connectivity index (χ2n) is 8.43. The summed E-state index contributed by atoms with van der Waals surface area (Å²) >= 11 is 0. The number of esters is 1. The molecule has 6 nitrogen and oxygen atoms in total. The summed E-state index contributed by atoms with van der Waals surface area (Å²) in [6.07, 6.45) is 0.544. The molecule has 0 fully saturated rings. The molecule has 2 aromatic carbocycles. The molecule has 0 bridgehead atoms. The molecule has 0 spiro atoms. The largest absolute Gasteiger partial charge is 0.457 e. The summed E-state index contributed by atoms with van der Waals surface area (Å²) in [4.78, 5) is 24.3. The van der Waals surface area contributed by atoms with Gasteiger partial charge < -0.3 is 19.9 Å². The van der Waals surface area contributed by atoms with Crippen LogP contribution < -0.4 is 5.32 Å². The van der Waals surface area contributed by atoms with E-state index < -0.39 is 17.6 Å². The minimum atomic E-state index is -0.748. The van der Waals surface area contributed by atoms with Crippen molar-refractivity contribution in [2.24, 2.45) is 0 Å². The number of ether oxygens (including phenoxy) is 2. The fourth-order valence-corrected chi connectivity index (χ4v) is 3.08. The number of aliphatic hydroxyl groups excluding tert-OH is 1. The number of aliphatic hydroxyl groups is 1. The molecule has 6 heteroatoms. The zero-order chi connectivity index (χ0) is 22.1. The molecule has 1 unspecified atom stereocenters. The van der Waals surface area contributed by atoms with Gasteiger partial charge in [-0.2, -0.15) is 0 Å². The Bertz CT molecular complexity index is 846. The summed E-state index contributed by atoms with van der Waals surface area (Å²) < 4.78 is 10.9. The van der Waals surface area contributed by atoms with E-state index in [1.54, 1.807) is 13.8 Å². The van der Waals surface area contributed by atoms with E-state index in [2.05, 4.69) is 11.4 Å². The van der Waals surface area contributed by atoms with Gasteiger partial charge in [0.05, 0.1) is 31.8 Å². The van der Waals surface area contributed by atoms with Crippen molar-refractivity contribution < 1.29 is 24.2 Å². The number of hydrogen-bond donors (Lipinski definition) is 2. The molecular weight excluding hydrogens is 382 g/mol. The van der Waals surface area contributed by atoms with Gasteiger partial charge in [0, 0.05) is 6.42 Å². The summed E-state index contributed by atoms with van der Waals surface area (Å²) in [6.45, 7) is 7.50. The Morgan fingerprint density at radius 2 is 1.77 bits per heavy atom. The normalized spacial score (nSPS) is 12.7. The fourth-order valence-electron chi connectivity index (χ4n) is 3.08. The maximum absolute atomic E-state index is 12.2. The van der Waals surface area contributed by atoms with Crippen LogP contribution in [0, 0.1) is 0 Å². The Labute approximate surface area is 178 Å². The van der Waals surface area contributed by atoms with Crippen LogP contribution in [0.1, 0.15) is 46.1 Å². The third-order valence-electron chi connectivity index (χ3n) is 4.59. The van der Waals surface area contributed by atoms with Crippen molar-refractivity contribution in [3.63, 3.8) is 0 Å². The molecule has 164 valence electrons. The number of nitrogens with one attached hydrogen (secondary N) is 1. The molecular formula is C24H33NO5. The highest BCUT2D eigenvalue weighted by Crippen LogP contribution is 2.17. The van der Waals surface area contributed by atoms with Crippen LogP contribution in [0.4, 0.5) is 0 Å². The maximum Gasteiger partial charge on any atom is 0.306 e. The Hall–Kier alpha value is -2.44. The van der Waals surface area contributed by atoms with E-state index in [0.717, 1.165) is 16.3 Å². The maximum atomic E-state index is 12.2. The van der Waals surface area contributed by atoms with Gasteiger partial charge in [0.2, 0.25) is 5.91 Å². The van der Waals surface area contributed by atoms with Crippen LogP contribution in [-0.4, -0.2) is 47.9 Å². The molecule has 0 aliphatic rings. The number of fused-ring (bicyclic) bond motifs is 1. The van der Waals surface area contributed by atoms with Gasteiger partial charge in [0.1, 0.15) is 5.60 Å². The van der Waals surface area contributed by atoms with Gasteiger partial charge in [-0.3, -0.25) is 9.59 Å². The van der Waals surface area contributed by atoms with E-state index in [-0.39, 0.29) is 31.5 Å². The van der Waals surface area contributed by atoms with Crippen LogP contribution in [0.5, 0.6) is 0 Å². The van der Waals surface area contributed by atoms with Crippen molar-refractivity contribution in [1.29, 1.82) is 0 Å². The van der Waals surface area contributed by atoms with E-state index >= 15 is 0 Å². The highest BCUT2D eigenvalue weighted by atomic mass is 16.6. The molecule has 0 aromatic heterocycles. The van der Waals surface area contributed by atoms with Gasteiger partial charge in [-0.05, 0) is 50.5 Å². The first-order valence-electron chi connectivity index (χ1n) is 10.4. The first kappa shape index (κ1) is 23.8. The van der Waals surface area contributed by atoms with Crippen molar-refractivity contribution in [3.05, 3.63) is 48.0 Å². The van der Waals surface area contributed by atoms with Crippen molar-refractivity contribution in [2.45, 2.75) is 64.7 Å². The quantitative estimate of drug-likeness (QED) is 0.550. The minimum Gasteiger partial charge on any atom is -0.457 e. The van der Waals surface area contributed by atoms with Crippen molar-refractivity contribution >= 4 is 22.6 Å². The topological polar surface area (TPSA) is 84.9 Å². The van der Waals surface area contributed by atoms with E-state index in [0.29, 0.717) is 13.0 Å². The van der Waals surface area contributed by atoms with Gasteiger partial charge in [-0.25, -0.2) is 0 Å². The molecule has 0 radical (unpaired) electrons.